The van der Waals surface area contributed by atoms with Crippen molar-refractivity contribution in [3.63, 3.8) is 0 Å². The molecular formula is C17H23N3O7. The standard InChI is InChI=1S/C17H23N3O7/c1-10(2)11(3)19-15(21)9-27-16(22)8-18-17(23)12-5-6-14(26-4)13(7-12)20(24)25/h5-7,10-11H,8-9H2,1-4H3,(H,18,23)(H,19,21)/t11-/m0/s1. The van der Waals surface area contributed by atoms with Crippen LogP contribution in [0.4, 0.5) is 5.69 Å². The van der Waals surface area contributed by atoms with Crippen LogP contribution in [0.15, 0.2) is 18.2 Å². The molecule has 0 saturated heterocycles. The summed E-state index contributed by atoms with van der Waals surface area (Å²) >= 11 is 0. The minimum absolute atomic E-state index is 0.0117. The van der Waals surface area contributed by atoms with Crippen LogP contribution in [0.2, 0.25) is 0 Å². The lowest BCUT2D eigenvalue weighted by molar-refractivity contribution is -0.385. The number of hydrogen-bond donors (Lipinski definition) is 2. The third-order valence-corrected chi connectivity index (χ3v) is 3.78. The Balaban J connectivity index is 2.52. The van der Waals surface area contributed by atoms with Crippen LogP contribution in [0.1, 0.15) is 31.1 Å². The molecule has 1 rings (SSSR count). The van der Waals surface area contributed by atoms with Crippen LogP contribution in [0, 0.1) is 16.0 Å². The number of benzene rings is 1. The van der Waals surface area contributed by atoms with Gasteiger partial charge in [0.1, 0.15) is 6.54 Å². The molecule has 10 heteroatoms. The SMILES string of the molecule is COc1ccc(C(=O)NCC(=O)OCC(=O)N[C@@H](C)C(C)C)cc1[N+](=O)[O-]. The van der Waals surface area contributed by atoms with E-state index in [9.17, 15) is 24.5 Å². The second kappa shape index (κ2) is 10.1. The molecule has 2 amide bonds. The molecule has 27 heavy (non-hydrogen) atoms. The lowest BCUT2D eigenvalue weighted by Crippen LogP contribution is -2.39. The van der Waals surface area contributed by atoms with Gasteiger partial charge in [-0.05, 0) is 25.0 Å². The highest BCUT2D eigenvalue weighted by molar-refractivity contribution is 5.96. The summed E-state index contributed by atoms with van der Waals surface area (Å²) in [6, 6.07) is 3.58. The zero-order valence-electron chi connectivity index (χ0n) is 15.6. The maximum atomic E-state index is 12.0. The molecule has 0 unspecified atom stereocenters. The summed E-state index contributed by atoms with van der Waals surface area (Å²) in [5, 5.41) is 15.9. The highest BCUT2D eigenvalue weighted by Crippen LogP contribution is 2.27. The van der Waals surface area contributed by atoms with Gasteiger partial charge in [-0.1, -0.05) is 13.8 Å². The first kappa shape index (κ1) is 21.9. The van der Waals surface area contributed by atoms with Gasteiger partial charge in [0, 0.05) is 17.7 Å². The highest BCUT2D eigenvalue weighted by atomic mass is 16.6. The molecule has 148 valence electrons. The van der Waals surface area contributed by atoms with E-state index in [-0.39, 0.29) is 29.0 Å². The van der Waals surface area contributed by atoms with E-state index in [1.807, 2.05) is 20.8 Å². The predicted molar refractivity (Wildman–Crippen MR) is 95.4 cm³/mol. The summed E-state index contributed by atoms with van der Waals surface area (Å²) in [5.74, 6) is -1.70. The maximum absolute atomic E-state index is 12.0. The normalized spacial score (nSPS) is 11.4. The molecule has 1 aromatic carbocycles. The zero-order valence-corrected chi connectivity index (χ0v) is 15.6. The van der Waals surface area contributed by atoms with Gasteiger partial charge >= 0.3 is 11.7 Å². The first-order chi connectivity index (χ1) is 12.6. The number of carbonyl (C=O) groups excluding carboxylic acids is 3. The van der Waals surface area contributed by atoms with Crippen LogP contribution in [0.3, 0.4) is 0 Å². The molecule has 0 bridgehead atoms. The molecule has 0 fully saturated rings. The number of esters is 1. The maximum Gasteiger partial charge on any atom is 0.325 e. The number of carbonyl (C=O) groups is 3. The fraction of sp³-hybridized carbons (Fsp3) is 0.471. The molecule has 0 aliphatic rings. The topological polar surface area (TPSA) is 137 Å². The number of amides is 2. The lowest BCUT2D eigenvalue weighted by atomic mass is 10.1. The van der Waals surface area contributed by atoms with Crippen LogP contribution in [-0.2, 0) is 14.3 Å². The second-order valence-corrected chi connectivity index (χ2v) is 6.09. The van der Waals surface area contributed by atoms with Crippen LogP contribution in [-0.4, -0.2) is 49.0 Å². The number of hydrogen-bond acceptors (Lipinski definition) is 7. The van der Waals surface area contributed by atoms with E-state index in [4.69, 9.17) is 9.47 Å². The fourth-order valence-electron chi connectivity index (χ4n) is 1.89. The third kappa shape index (κ3) is 6.92. The van der Waals surface area contributed by atoms with Gasteiger partial charge in [0.25, 0.3) is 11.8 Å². The van der Waals surface area contributed by atoms with Crippen molar-refractivity contribution in [3.8, 4) is 5.75 Å². The number of nitro groups is 1. The lowest BCUT2D eigenvalue weighted by Gasteiger charge is -2.17. The van der Waals surface area contributed by atoms with Crippen molar-refractivity contribution in [1.82, 2.24) is 10.6 Å². The van der Waals surface area contributed by atoms with Crippen molar-refractivity contribution in [2.75, 3.05) is 20.3 Å². The van der Waals surface area contributed by atoms with E-state index in [1.54, 1.807) is 0 Å². The second-order valence-electron chi connectivity index (χ2n) is 6.09. The molecule has 1 aromatic rings. The van der Waals surface area contributed by atoms with Crippen LogP contribution in [0.25, 0.3) is 0 Å². The van der Waals surface area contributed by atoms with Gasteiger partial charge < -0.3 is 20.1 Å². The summed E-state index contributed by atoms with van der Waals surface area (Å²) in [6.45, 7) is 4.77. The number of nitrogens with one attached hydrogen (secondary N) is 2. The minimum atomic E-state index is -0.807. The Hall–Kier alpha value is -3.17. The average Bonchev–Trinajstić information content (AvgIpc) is 2.63. The van der Waals surface area contributed by atoms with E-state index in [0.29, 0.717) is 0 Å². The Morgan fingerprint density at radius 3 is 2.44 bits per heavy atom. The quantitative estimate of drug-likeness (QED) is 0.370. The van der Waals surface area contributed by atoms with E-state index < -0.39 is 35.9 Å². The third-order valence-electron chi connectivity index (χ3n) is 3.78. The molecule has 1 atom stereocenters. The van der Waals surface area contributed by atoms with E-state index in [2.05, 4.69) is 10.6 Å². The summed E-state index contributed by atoms with van der Waals surface area (Å²) in [7, 11) is 1.27. The first-order valence-electron chi connectivity index (χ1n) is 8.21. The Kier molecular flexibility index (Phi) is 8.18. The Bertz CT molecular complexity index is 718. The average molecular weight is 381 g/mol. The number of nitrogens with zero attached hydrogens (tertiary/aromatic N) is 1. The van der Waals surface area contributed by atoms with Crippen molar-refractivity contribution >= 4 is 23.5 Å². The highest BCUT2D eigenvalue weighted by Gasteiger charge is 2.19. The summed E-state index contributed by atoms with van der Waals surface area (Å²) in [4.78, 5) is 45.6. The van der Waals surface area contributed by atoms with Gasteiger partial charge in [0.15, 0.2) is 12.4 Å². The minimum Gasteiger partial charge on any atom is -0.490 e. The molecule has 0 radical (unpaired) electrons. The van der Waals surface area contributed by atoms with Gasteiger partial charge in [-0.2, -0.15) is 0 Å². The van der Waals surface area contributed by atoms with Crippen molar-refractivity contribution in [2.24, 2.45) is 5.92 Å². The number of nitro benzene ring substituents is 1. The predicted octanol–water partition coefficient (Wildman–Crippen LogP) is 1.04. The van der Waals surface area contributed by atoms with Crippen LogP contribution >= 0.6 is 0 Å². The Labute approximate surface area is 156 Å². The van der Waals surface area contributed by atoms with Crippen LogP contribution < -0.4 is 15.4 Å². The number of methoxy groups -OCH3 is 1. The molecule has 10 nitrogen and oxygen atoms in total. The van der Waals surface area contributed by atoms with Gasteiger partial charge in [0.05, 0.1) is 12.0 Å². The first-order valence-corrected chi connectivity index (χ1v) is 8.21. The van der Waals surface area contributed by atoms with E-state index in [0.717, 1.165) is 6.07 Å². The van der Waals surface area contributed by atoms with Gasteiger partial charge in [0.2, 0.25) is 0 Å². The number of rotatable bonds is 9. The van der Waals surface area contributed by atoms with Crippen molar-refractivity contribution in [1.29, 1.82) is 0 Å². The number of ether oxygens (including phenoxy) is 2. The zero-order chi connectivity index (χ0) is 20.6. The molecular weight excluding hydrogens is 358 g/mol. The van der Waals surface area contributed by atoms with Gasteiger partial charge in [-0.15, -0.1) is 0 Å². The molecule has 0 spiro atoms. The summed E-state index contributed by atoms with van der Waals surface area (Å²) in [5.41, 5.74) is -0.387. The summed E-state index contributed by atoms with van der Waals surface area (Å²) < 4.78 is 9.63. The molecule has 0 aliphatic carbocycles. The fourth-order valence-corrected chi connectivity index (χ4v) is 1.89. The van der Waals surface area contributed by atoms with E-state index >= 15 is 0 Å². The van der Waals surface area contributed by atoms with Crippen molar-refractivity contribution in [3.05, 3.63) is 33.9 Å². The van der Waals surface area contributed by atoms with E-state index in [1.165, 1.54) is 19.2 Å². The molecule has 0 heterocycles. The monoisotopic (exact) mass is 381 g/mol. The molecule has 0 aromatic heterocycles. The largest absolute Gasteiger partial charge is 0.490 e. The van der Waals surface area contributed by atoms with Crippen molar-refractivity contribution in [2.45, 2.75) is 26.8 Å². The Morgan fingerprint density at radius 2 is 1.89 bits per heavy atom. The molecule has 0 saturated carbocycles. The van der Waals surface area contributed by atoms with Gasteiger partial charge in [-0.25, -0.2) is 0 Å². The van der Waals surface area contributed by atoms with Crippen LogP contribution in [0.5, 0.6) is 5.75 Å². The smallest absolute Gasteiger partial charge is 0.325 e. The summed E-state index contributed by atoms with van der Waals surface area (Å²) in [6.07, 6.45) is 0. The molecule has 2 N–H and O–H groups in total. The van der Waals surface area contributed by atoms with Gasteiger partial charge in [-0.3, -0.25) is 24.5 Å². The molecule has 0 aliphatic heterocycles. The van der Waals surface area contributed by atoms with Crippen molar-refractivity contribution < 1.29 is 28.8 Å². The Morgan fingerprint density at radius 1 is 1.22 bits per heavy atom.